The topological polar surface area (TPSA) is 79.9 Å². The van der Waals surface area contributed by atoms with E-state index in [0.29, 0.717) is 25.7 Å². The van der Waals surface area contributed by atoms with Crippen LogP contribution in [0.2, 0.25) is 0 Å². The molecule has 1 heterocycles. The van der Waals surface area contributed by atoms with Gasteiger partial charge in [-0.3, -0.25) is 4.79 Å². The Kier molecular flexibility index (Phi) is 5.12. The van der Waals surface area contributed by atoms with Gasteiger partial charge in [-0.15, -0.1) is 0 Å². The van der Waals surface area contributed by atoms with Gasteiger partial charge in [-0.2, -0.15) is 0 Å². The third kappa shape index (κ3) is 4.22. The van der Waals surface area contributed by atoms with Crippen LogP contribution in [0.4, 0.5) is 5.69 Å². The molecule has 6 nitrogen and oxygen atoms in total. The van der Waals surface area contributed by atoms with Crippen molar-refractivity contribution in [3.63, 3.8) is 0 Å². The second-order valence-corrected chi connectivity index (χ2v) is 6.09. The summed E-state index contributed by atoms with van der Waals surface area (Å²) < 4.78 is 5.31. The summed E-state index contributed by atoms with van der Waals surface area (Å²) in [5.74, 6) is 0.871. The van der Waals surface area contributed by atoms with Crippen molar-refractivity contribution in [3.05, 3.63) is 29.8 Å². The molecular weight excluding hydrogens is 292 g/mol. The van der Waals surface area contributed by atoms with Gasteiger partial charge in [0, 0.05) is 24.7 Å². The van der Waals surface area contributed by atoms with Crippen LogP contribution in [0.25, 0.3) is 0 Å². The molecule has 3 N–H and O–H groups in total. The van der Waals surface area contributed by atoms with Crippen molar-refractivity contribution in [3.8, 4) is 0 Å². The van der Waals surface area contributed by atoms with Gasteiger partial charge >= 0.3 is 0 Å². The summed E-state index contributed by atoms with van der Waals surface area (Å²) in [6.07, 6.45) is 3.17. The number of anilines is 1. The minimum Gasteiger partial charge on any atom is -0.378 e. The third-order valence-corrected chi connectivity index (χ3v) is 4.43. The van der Waals surface area contributed by atoms with Crippen LogP contribution >= 0.6 is 0 Å². The lowest BCUT2D eigenvalue weighted by Crippen LogP contribution is -2.44. The predicted molar refractivity (Wildman–Crippen MR) is 90.1 cm³/mol. The van der Waals surface area contributed by atoms with E-state index in [0.717, 1.165) is 43.6 Å². The lowest BCUT2D eigenvalue weighted by Gasteiger charge is -2.27. The Labute approximate surface area is 136 Å². The van der Waals surface area contributed by atoms with E-state index in [1.807, 2.05) is 29.2 Å². The van der Waals surface area contributed by atoms with E-state index in [4.69, 9.17) is 10.5 Å². The van der Waals surface area contributed by atoms with Gasteiger partial charge in [-0.1, -0.05) is 18.6 Å². The number of hydrogen-bond acceptors (Lipinski definition) is 3. The summed E-state index contributed by atoms with van der Waals surface area (Å²) in [6, 6.07) is 7.81. The number of morpholine rings is 1. The maximum atomic E-state index is 12.0. The van der Waals surface area contributed by atoms with E-state index in [1.165, 1.54) is 0 Å². The van der Waals surface area contributed by atoms with Crippen molar-refractivity contribution in [1.82, 2.24) is 4.90 Å². The van der Waals surface area contributed by atoms with Crippen LogP contribution in [0.3, 0.4) is 0 Å². The zero-order valence-electron chi connectivity index (χ0n) is 13.3. The molecule has 0 radical (unpaired) electrons. The van der Waals surface area contributed by atoms with Crippen LogP contribution in [0.5, 0.6) is 0 Å². The smallest absolute Gasteiger partial charge is 0.227 e. The second kappa shape index (κ2) is 7.46. The number of benzene rings is 1. The summed E-state index contributed by atoms with van der Waals surface area (Å²) in [6.45, 7) is 3.47. The molecule has 2 fully saturated rings. The summed E-state index contributed by atoms with van der Waals surface area (Å²) in [4.78, 5) is 18.5. The summed E-state index contributed by atoms with van der Waals surface area (Å²) in [7, 11) is 0. The Balaban J connectivity index is 1.57. The van der Waals surface area contributed by atoms with Crippen molar-refractivity contribution in [2.75, 3.05) is 31.6 Å². The monoisotopic (exact) mass is 316 g/mol. The van der Waals surface area contributed by atoms with Gasteiger partial charge in [-0.05, 0) is 30.5 Å². The van der Waals surface area contributed by atoms with Gasteiger partial charge in [0.2, 0.25) is 5.91 Å². The molecule has 124 valence electrons. The number of nitrogens with zero attached hydrogens (tertiary/aromatic N) is 2. The number of hydrogen-bond donors (Lipinski definition) is 2. The summed E-state index contributed by atoms with van der Waals surface area (Å²) in [5, 5.41) is 2.99. The van der Waals surface area contributed by atoms with E-state index in [2.05, 4.69) is 10.3 Å². The minimum atomic E-state index is 0.129. The lowest BCUT2D eigenvalue weighted by atomic mass is 9.85. The molecule has 1 saturated carbocycles. The van der Waals surface area contributed by atoms with E-state index in [-0.39, 0.29) is 11.8 Å². The van der Waals surface area contributed by atoms with E-state index in [1.54, 1.807) is 0 Å². The Morgan fingerprint density at radius 2 is 2.13 bits per heavy atom. The van der Waals surface area contributed by atoms with Gasteiger partial charge in [0.25, 0.3) is 0 Å². The molecule has 3 rings (SSSR count). The molecule has 2 aliphatic rings. The zero-order chi connectivity index (χ0) is 16.1. The van der Waals surface area contributed by atoms with E-state index in [9.17, 15) is 4.79 Å². The fourth-order valence-electron chi connectivity index (χ4n) is 2.73. The average molecular weight is 316 g/mol. The van der Waals surface area contributed by atoms with Crippen LogP contribution in [-0.2, 0) is 16.1 Å². The highest BCUT2D eigenvalue weighted by molar-refractivity contribution is 5.93. The molecule has 0 bridgehead atoms. The highest BCUT2D eigenvalue weighted by Gasteiger charge is 2.25. The minimum absolute atomic E-state index is 0.129. The number of amides is 1. The zero-order valence-corrected chi connectivity index (χ0v) is 13.3. The van der Waals surface area contributed by atoms with Crippen molar-refractivity contribution in [2.45, 2.75) is 25.8 Å². The van der Waals surface area contributed by atoms with Gasteiger partial charge in [-0.25, -0.2) is 4.99 Å². The molecule has 0 unspecified atom stereocenters. The third-order valence-electron chi connectivity index (χ3n) is 4.43. The molecule has 1 aromatic rings. The molecular formula is C17H24N4O2. The van der Waals surface area contributed by atoms with Crippen LogP contribution in [-0.4, -0.2) is 43.1 Å². The largest absolute Gasteiger partial charge is 0.378 e. The molecule has 0 aromatic heterocycles. The maximum Gasteiger partial charge on any atom is 0.227 e. The fourth-order valence-corrected chi connectivity index (χ4v) is 2.73. The first kappa shape index (κ1) is 15.8. The predicted octanol–water partition coefficient (Wildman–Crippen LogP) is 1.57. The number of guanidine groups is 1. The van der Waals surface area contributed by atoms with Crippen molar-refractivity contribution >= 4 is 17.6 Å². The molecule has 1 saturated heterocycles. The maximum absolute atomic E-state index is 12.0. The Bertz CT molecular complexity index is 578. The SMILES string of the molecule is NC(=NCc1cccc(NC(=O)C2CCC2)c1)N1CCOCC1. The van der Waals surface area contributed by atoms with E-state index < -0.39 is 0 Å². The van der Waals surface area contributed by atoms with Gasteiger partial charge in [0.1, 0.15) is 0 Å². The summed E-state index contributed by atoms with van der Waals surface area (Å²) in [5.41, 5.74) is 7.90. The Morgan fingerprint density at radius 1 is 1.35 bits per heavy atom. The molecule has 1 amide bonds. The number of nitrogens with one attached hydrogen (secondary N) is 1. The molecule has 0 atom stereocenters. The van der Waals surface area contributed by atoms with Gasteiger partial charge < -0.3 is 20.7 Å². The first-order chi connectivity index (χ1) is 11.2. The first-order valence-electron chi connectivity index (χ1n) is 8.25. The van der Waals surface area contributed by atoms with Gasteiger partial charge in [0.05, 0.1) is 19.8 Å². The average Bonchev–Trinajstić information content (AvgIpc) is 2.52. The van der Waals surface area contributed by atoms with Crippen molar-refractivity contribution in [1.29, 1.82) is 0 Å². The molecule has 1 aliphatic carbocycles. The van der Waals surface area contributed by atoms with Crippen LogP contribution in [0.1, 0.15) is 24.8 Å². The number of carbonyl (C=O) groups excluding carboxylic acids is 1. The van der Waals surface area contributed by atoms with Crippen LogP contribution in [0.15, 0.2) is 29.3 Å². The molecule has 0 spiro atoms. The molecule has 1 aliphatic heterocycles. The number of ether oxygens (including phenoxy) is 1. The van der Waals surface area contributed by atoms with E-state index >= 15 is 0 Å². The number of nitrogens with two attached hydrogens (primary N) is 1. The molecule has 23 heavy (non-hydrogen) atoms. The second-order valence-electron chi connectivity index (χ2n) is 6.09. The highest BCUT2D eigenvalue weighted by atomic mass is 16.5. The Morgan fingerprint density at radius 3 is 2.83 bits per heavy atom. The number of carbonyl (C=O) groups is 1. The molecule has 6 heteroatoms. The fraction of sp³-hybridized carbons (Fsp3) is 0.529. The molecule has 1 aromatic carbocycles. The quantitative estimate of drug-likeness (QED) is 0.653. The highest BCUT2D eigenvalue weighted by Crippen LogP contribution is 2.27. The van der Waals surface area contributed by atoms with Crippen molar-refractivity contribution < 1.29 is 9.53 Å². The lowest BCUT2D eigenvalue weighted by molar-refractivity contribution is -0.122. The summed E-state index contributed by atoms with van der Waals surface area (Å²) >= 11 is 0. The number of aliphatic imine (C=N–C) groups is 1. The Hall–Kier alpha value is -2.08. The first-order valence-corrected chi connectivity index (χ1v) is 8.25. The van der Waals surface area contributed by atoms with Crippen molar-refractivity contribution in [2.24, 2.45) is 16.6 Å². The normalized spacial score (nSPS) is 19.3. The standard InChI is InChI=1S/C17H24N4O2/c18-17(21-7-9-23-10-8-21)19-12-13-3-1-6-15(11-13)20-16(22)14-4-2-5-14/h1,3,6,11,14H,2,4-5,7-10,12H2,(H2,18,19)(H,20,22). The van der Waals surface area contributed by atoms with Crippen LogP contribution < -0.4 is 11.1 Å². The van der Waals surface area contributed by atoms with Crippen LogP contribution in [0, 0.1) is 5.92 Å². The number of rotatable bonds is 4. The van der Waals surface area contributed by atoms with Gasteiger partial charge in [0.15, 0.2) is 5.96 Å².